The summed E-state index contributed by atoms with van der Waals surface area (Å²) >= 11 is 0. The molecule has 1 saturated heterocycles. The number of aryl methyl sites for hydroxylation is 1. The van der Waals surface area contributed by atoms with Crippen molar-refractivity contribution >= 4 is 15.9 Å². The third-order valence-corrected chi connectivity index (χ3v) is 8.13. The van der Waals surface area contributed by atoms with E-state index in [0.717, 1.165) is 38.5 Å². The second-order valence-electron chi connectivity index (χ2n) is 8.06. The number of nitrogens with one attached hydrogen (secondary N) is 1. The molecule has 2 heterocycles. The van der Waals surface area contributed by atoms with Gasteiger partial charge >= 0.3 is 0 Å². The molecule has 2 aliphatic rings. The normalized spacial score (nSPS) is 24.7. The average molecular weight is 397 g/mol. The van der Waals surface area contributed by atoms with Gasteiger partial charge in [-0.25, -0.2) is 8.42 Å². The molecule has 8 heteroatoms. The molecule has 1 N–H and O–H groups in total. The second-order valence-corrected chi connectivity index (χ2v) is 9.93. The number of hydrogen-bond donors (Lipinski definition) is 1. The van der Waals surface area contributed by atoms with E-state index in [9.17, 15) is 13.2 Å². The SMILES string of the molecule is Cc1nn(CC(=O)N[C@H]2CCCC[C@H]2C)c(C)c1S(=O)(=O)N1CCCCC1. The molecule has 0 unspecified atom stereocenters. The molecule has 1 aliphatic heterocycles. The van der Waals surface area contributed by atoms with Crippen LogP contribution in [0.4, 0.5) is 0 Å². The fraction of sp³-hybridized carbons (Fsp3) is 0.789. The Morgan fingerprint density at radius 2 is 1.78 bits per heavy atom. The number of carbonyl (C=O) groups excluding carboxylic acids is 1. The van der Waals surface area contributed by atoms with Crippen LogP contribution in [0.25, 0.3) is 0 Å². The van der Waals surface area contributed by atoms with Crippen molar-refractivity contribution in [1.29, 1.82) is 0 Å². The van der Waals surface area contributed by atoms with Gasteiger partial charge in [-0.2, -0.15) is 9.40 Å². The first-order valence-corrected chi connectivity index (χ1v) is 11.6. The molecule has 27 heavy (non-hydrogen) atoms. The lowest BCUT2D eigenvalue weighted by Gasteiger charge is -2.29. The topological polar surface area (TPSA) is 84.3 Å². The zero-order chi connectivity index (χ0) is 19.6. The van der Waals surface area contributed by atoms with Gasteiger partial charge < -0.3 is 5.32 Å². The lowest BCUT2D eigenvalue weighted by molar-refractivity contribution is -0.123. The molecule has 3 rings (SSSR count). The van der Waals surface area contributed by atoms with Gasteiger partial charge in [0.2, 0.25) is 15.9 Å². The summed E-state index contributed by atoms with van der Waals surface area (Å²) in [6.07, 6.45) is 7.39. The Balaban J connectivity index is 1.74. The van der Waals surface area contributed by atoms with Crippen LogP contribution in [-0.2, 0) is 21.4 Å². The van der Waals surface area contributed by atoms with Gasteiger partial charge in [-0.3, -0.25) is 9.48 Å². The number of rotatable bonds is 5. The number of piperidine rings is 1. The Labute approximate surface area is 162 Å². The van der Waals surface area contributed by atoms with Crippen LogP contribution in [0.5, 0.6) is 0 Å². The fourth-order valence-electron chi connectivity index (χ4n) is 4.36. The largest absolute Gasteiger partial charge is 0.351 e. The highest BCUT2D eigenvalue weighted by molar-refractivity contribution is 7.89. The maximum absolute atomic E-state index is 13.1. The minimum absolute atomic E-state index is 0.0609. The molecule has 1 aliphatic carbocycles. The van der Waals surface area contributed by atoms with Crippen LogP contribution < -0.4 is 5.32 Å². The van der Waals surface area contributed by atoms with Crippen LogP contribution in [0.3, 0.4) is 0 Å². The summed E-state index contributed by atoms with van der Waals surface area (Å²) in [6.45, 7) is 6.82. The highest BCUT2D eigenvalue weighted by Gasteiger charge is 2.32. The first-order chi connectivity index (χ1) is 12.8. The first kappa shape index (κ1) is 20.3. The van der Waals surface area contributed by atoms with Crippen molar-refractivity contribution < 1.29 is 13.2 Å². The third kappa shape index (κ3) is 4.37. The summed E-state index contributed by atoms with van der Waals surface area (Å²) in [5.74, 6) is 0.388. The van der Waals surface area contributed by atoms with Gasteiger partial charge in [-0.15, -0.1) is 0 Å². The Kier molecular flexibility index (Phi) is 6.25. The van der Waals surface area contributed by atoms with Crippen LogP contribution in [0.2, 0.25) is 0 Å². The van der Waals surface area contributed by atoms with Gasteiger partial charge in [0.1, 0.15) is 11.4 Å². The summed E-state index contributed by atoms with van der Waals surface area (Å²) in [6, 6.07) is 0.208. The van der Waals surface area contributed by atoms with E-state index in [1.54, 1.807) is 18.2 Å². The van der Waals surface area contributed by atoms with E-state index in [0.29, 0.717) is 30.4 Å². The summed E-state index contributed by atoms with van der Waals surface area (Å²) in [5.41, 5.74) is 1.02. The Bertz CT molecular complexity index is 781. The van der Waals surface area contributed by atoms with Crippen LogP contribution in [0.1, 0.15) is 63.3 Å². The number of nitrogens with zero attached hydrogens (tertiary/aromatic N) is 3. The second kappa shape index (κ2) is 8.31. The molecule has 0 spiro atoms. The van der Waals surface area contributed by atoms with E-state index in [4.69, 9.17) is 0 Å². The summed E-state index contributed by atoms with van der Waals surface area (Å²) < 4.78 is 29.2. The molecular weight excluding hydrogens is 364 g/mol. The first-order valence-electron chi connectivity index (χ1n) is 10.1. The van der Waals surface area contributed by atoms with Crippen LogP contribution >= 0.6 is 0 Å². The molecule has 0 radical (unpaired) electrons. The van der Waals surface area contributed by atoms with Crippen LogP contribution in [0, 0.1) is 19.8 Å². The maximum Gasteiger partial charge on any atom is 0.246 e. The molecule has 1 saturated carbocycles. The smallest absolute Gasteiger partial charge is 0.246 e. The Morgan fingerprint density at radius 3 is 2.44 bits per heavy atom. The highest BCUT2D eigenvalue weighted by Crippen LogP contribution is 2.26. The van der Waals surface area contributed by atoms with Crippen molar-refractivity contribution in [2.24, 2.45) is 5.92 Å². The van der Waals surface area contributed by atoms with Gasteiger partial charge in [0, 0.05) is 19.1 Å². The molecule has 1 amide bonds. The summed E-state index contributed by atoms with van der Waals surface area (Å²) in [4.78, 5) is 12.8. The predicted octanol–water partition coefficient (Wildman–Crippen LogP) is 2.37. The number of carbonyl (C=O) groups is 1. The summed E-state index contributed by atoms with van der Waals surface area (Å²) in [7, 11) is -3.56. The zero-order valence-electron chi connectivity index (χ0n) is 16.7. The zero-order valence-corrected chi connectivity index (χ0v) is 17.5. The summed E-state index contributed by atoms with van der Waals surface area (Å²) in [5, 5.41) is 7.49. The monoisotopic (exact) mass is 396 g/mol. The van der Waals surface area contributed by atoms with E-state index >= 15 is 0 Å². The van der Waals surface area contributed by atoms with E-state index in [1.807, 2.05) is 0 Å². The minimum atomic E-state index is -3.56. The Hall–Kier alpha value is -1.41. The van der Waals surface area contributed by atoms with Gasteiger partial charge in [-0.05, 0) is 45.4 Å². The molecule has 0 bridgehead atoms. The van der Waals surface area contributed by atoms with Gasteiger partial charge in [-0.1, -0.05) is 26.2 Å². The van der Waals surface area contributed by atoms with Crippen molar-refractivity contribution in [2.45, 2.75) is 83.2 Å². The van der Waals surface area contributed by atoms with E-state index in [2.05, 4.69) is 17.3 Å². The Morgan fingerprint density at radius 1 is 1.11 bits per heavy atom. The van der Waals surface area contributed by atoms with Crippen molar-refractivity contribution in [3.8, 4) is 0 Å². The third-order valence-electron chi connectivity index (χ3n) is 5.98. The number of hydrogen-bond acceptors (Lipinski definition) is 4. The number of aromatic nitrogens is 2. The quantitative estimate of drug-likeness (QED) is 0.828. The van der Waals surface area contributed by atoms with Crippen molar-refractivity contribution in [2.75, 3.05) is 13.1 Å². The standard InChI is InChI=1S/C19H32N4O3S/c1-14-9-5-6-10-17(14)20-18(24)13-23-16(3)19(15(2)21-23)27(25,26)22-11-7-4-8-12-22/h14,17H,4-13H2,1-3H3,(H,20,24)/t14-,17+/m1/s1. The molecule has 7 nitrogen and oxygen atoms in total. The van der Waals surface area contributed by atoms with Gasteiger partial charge in [0.15, 0.2) is 0 Å². The number of amides is 1. The highest BCUT2D eigenvalue weighted by atomic mass is 32.2. The molecular formula is C19H32N4O3S. The molecule has 1 aromatic rings. The molecule has 2 fully saturated rings. The maximum atomic E-state index is 13.1. The minimum Gasteiger partial charge on any atom is -0.351 e. The van der Waals surface area contributed by atoms with E-state index in [-0.39, 0.29) is 23.4 Å². The van der Waals surface area contributed by atoms with E-state index < -0.39 is 10.0 Å². The van der Waals surface area contributed by atoms with Gasteiger partial charge in [0.05, 0.1) is 11.4 Å². The molecule has 1 aromatic heterocycles. The van der Waals surface area contributed by atoms with Crippen molar-refractivity contribution in [3.05, 3.63) is 11.4 Å². The molecule has 152 valence electrons. The molecule has 2 atom stereocenters. The predicted molar refractivity (Wildman–Crippen MR) is 104 cm³/mol. The fourth-order valence-corrected chi connectivity index (χ4v) is 6.25. The van der Waals surface area contributed by atoms with Crippen LogP contribution in [-0.4, -0.2) is 47.5 Å². The van der Waals surface area contributed by atoms with E-state index in [1.165, 1.54) is 11.1 Å². The number of sulfonamides is 1. The average Bonchev–Trinajstić information content (AvgIpc) is 2.91. The lowest BCUT2D eigenvalue weighted by Crippen LogP contribution is -2.42. The van der Waals surface area contributed by atoms with Crippen LogP contribution in [0.15, 0.2) is 4.90 Å². The van der Waals surface area contributed by atoms with Crippen molar-refractivity contribution in [3.63, 3.8) is 0 Å². The molecule has 0 aromatic carbocycles. The van der Waals surface area contributed by atoms with Gasteiger partial charge in [0.25, 0.3) is 0 Å². The van der Waals surface area contributed by atoms with Crippen molar-refractivity contribution in [1.82, 2.24) is 19.4 Å². The lowest BCUT2D eigenvalue weighted by atomic mass is 9.86.